The molecule has 0 aliphatic carbocycles. The van der Waals surface area contributed by atoms with E-state index in [0.717, 1.165) is 18.7 Å². The van der Waals surface area contributed by atoms with Crippen LogP contribution in [0.1, 0.15) is 12.8 Å². The molecule has 0 unspecified atom stereocenters. The molecule has 2 saturated heterocycles. The van der Waals surface area contributed by atoms with E-state index < -0.39 is 0 Å². The van der Waals surface area contributed by atoms with Crippen LogP contribution in [0.3, 0.4) is 0 Å². The zero-order valence-corrected chi connectivity index (χ0v) is 8.27. The molecule has 11 heavy (non-hydrogen) atoms. The van der Waals surface area contributed by atoms with Gasteiger partial charge in [-0.15, -0.1) is 0 Å². The summed E-state index contributed by atoms with van der Waals surface area (Å²) in [6.45, 7) is 4.52. The molecule has 0 atom stereocenters. The van der Waals surface area contributed by atoms with Gasteiger partial charge in [0.2, 0.25) is 0 Å². The highest BCUT2D eigenvalue weighted by atomic mass is 79.9. The molecule has 2 nitrogen and oxygen atoms in total. The molecule has 2 aliphatic heterocycles. The Bertz CT molecular complexity index is 137. The molecule has 1 spiro atoms. The van der Waals surface area contributed by atoms with Crippen LogP contribution in [-0.4, -0.2) is 36.7 Å². The number of nitrogens with zero attached hydrogens (tertiary/aromatic N) is 1. The molecule has 0 aromatic carbocycles. The van der Waals surface area contributed by atoms with Gasteiger partial charge in [-0.3, -0.25) is 4.90 Å². The maximum absolute atomic E-state index is 5.25. The summed E-state index contributed by atoms with van der Waals surface area (Å²) in [5.41, 5.74) is 1.63. The van der Waals surface area contributed by atoms with Crippen molar-refractivity contribution in [3.05, 3.63) is 0 Å². The molecule has 0 saturated carbocycles. The predicted octanol–water partition coefficient (Wildman–Crippen LogP) is 1.45. The topological polar surface area (TPSA) is 12.5 Å². The number of halogens is 1. The van der Waals surface area contributed by atoms with Crippen LogP contribution in [-0.2, 0) is 4.74 Å². The van der Waals surface area contributed by atoms with Gasteiger partial charge in [0.05, 0.1) is 18.7 Å². The fourth-order valence-corrected chi connectivity index (χ4v) is 2.33. The standard InChI is InChI=1S/C8H14BrNO/c9-7-10-3-1-8(2-4-10)5-11-6-8/h1-7H2. The Hall–Kier alpha value is 0.400. The first-order chi connectivity index (χ1) is 5.35. The van der Waals surface area contributed by atoms with Gasteiger partial charge in [-0.05, 0) is 25.9 Å². The minimum atomic E-state index is 0.596. The van der Waals surface area contributed by atoms with Crippen molar-refractivity contribution in [3.63, 3.8) is 0 Å². The zero-order chi connectivity index (χ0) is 7.73. The summed E-state index contributed by atoms with van der Waals surface area (Å²) in [7, 11) is 0. The largest absolute Gasteiger partial charge is 0.380 e. The van der Waals surface area contributed by atoms with Crippen LogP contribution in [0.25, 0.3) is 0 Å². The third kappa shape index (κ3) is 1.46. The van der Waals surface area contributed by atoms with Crippen LogP contribution in [0.2, 0.25) is 0 Å². The summed E-state index contributed by atoms with van der Waals surface area (Å²) in [5.74, 6) is 0. The number of rotatable bonds is 1. The third-order valence-corrected chi connectivity index (χ3v) is 3.61. The molecule has 0 aromatic rings. The van der Waals surface area contributed by atoms with Crippen molar-refractivity contribution in [1.29, 1.82) is 0 Å². The fourth-order valence-electron chi connectivity index (χ4n) is 1.83. The van der Waals surface area contributed by atoms with Crippen LogP contribution in [0, 0.1) is 5.41 Å². The number of likely N-dealkylation sites (tertiary alicyclic amines) is 1. The summed E-state index contributed by atoms with van der Waals surface area (Å²) in [5, 5.41) is 0. The Balaban J connectivity index is 1.84. The highest BCUT2D eigenvalue weighted by molar-refractivity contribution is 9.09. The molecule has 0 N–H and O–H groups in total. The first-order valence-corrected chi connectivity index (χ1v) is 5.33. The maximum Gasteiger partial charge on any atom is 0.0545 e. The Labute approximate surface area is 76.0 Å². The minimum absolute atomic E-state index is 0.596. The van der Waals surface area contributed by atoms with E-state index in [1.54, 1.807) is 0 Å². The van der Waals surface area contributed by atoms with Gasteiger partial charge >= 0.3 is 0 Å². The first kappa shape index (κ1) is 8.02. The number of ether oxygens (including phenoxy) is 1. The van der Waals surface area contributed by atoms with Crippen LogP contribution in [0.5, 0.6) is 0 Å². The predicted molar refractivity (Wildman–Crippen MR) is 47.9 cm³/mol. The van der Waals surface area contributed by atoms with Crippen LogP contribution in [0.15, 0.2) is 0 Å². The number of piperidine rings is 1. The Morgan fingerprint density at radius 2 is 1.91 bits per heavy atom. The minimum Gasteiger partial charge on any atom is -0.380 e. The Kier molecular flexibility index (Phi) is 2.21. The van der Waals surface area contributed by atoms with Gasteiger partial charge in [0.15, 0.2) is 0 Å². The van der Waals surface area contributed by atoms with Crippen molar-refractivity contribution in [3.8, 4) is 0 Å². The SMILES string of the molecule is BrCN1CCC2(CC1)COC2. The van der Waals surface area contributed by atoms with E-state index in [4.69, 9.17) is 4.74 Å². The van der Waals surface area contributed by atoms with E-state index in [1.165, 1.54) is 25.9 Å². The van der Waals surface area contributed by atoms with Gasteiger partial charge in [-0.1, -0.05) is 15.9 Å². The van der Waals surface area contributed by atoms with Gasteiger partial charge in [-0.25, -0.2) is 0 Å². The van der Waals surface area contributed by atoms with Crippen molar-refractivity contribution in [2.24, 2.45) is 5.41 Å². The zero-order valence-electron chi connectivity index (χ0n) is 6.68. The lowest BCUT2D eigenvalue weighted by Gasteiger charge is -2.46. The third-order valence-electron chi connectivity index (χ3n) is 2.90. The molecule has 0 aromatic heterocycles. The summed E-state index contributed by atoms with van der Waals surface area (Å²) in [6.07, 6.45) is 2.66. The highest BCUT2D eigenvalue weighted by Crippen LogP contribution is 2.38. The van der Waals surface area contributed by atoms with Crippen LogP contribution in [0.4, 0.5) is 0 Å². The van der Waals surface area contributed by atoms with Crippen molar-refractivity contribution >= 4 is 15.9 Å². The lowest BCUT2D eigenvalue weighted by molar-refractivity contribution is -0.138. The maximum atomic E-state index is 5.25. The lowest BCUT2D eigenvalue weighted by Crippen LogP contribution is -2.50. The second-order valence-electron chi connectivity index (χ2n) is 3.73. The second-order valence-corrected chi connectivity index (χ2v) is 4.23. The summed E-state index contributed by atoms with van der Waals surface area (Å²) < 4.78 is 5.25. The molecule has 2 heterocycles. The molecule has 2 rings (SSSR count). The van der Waals surface area contributed by atoms with E-state index >= 15 is 0 Å². The van der Waals surface area contributed by atoms with Crippen LogP contribution >= 0.6 is 15.9 Å². The second kappa shape index (κ2) is 3.04. The highest BCUT2D eigenvalue weighted by Gasteiger charge is 2.40. The first-order valence-electron chi connectivity index (χ1n) is 4.21. The fraction of sp³-hybridized carbons (Fsp3) is 1.00. The van der Waals surface area contributed by atoms with Gasteiger partial charge < -0.3 is 4.74 Å². The molecule has 0 bridgehead atoms. The molecule has 2 fully saturated rings. The van der Waals surface area contributed by atoms with Crippen LogP contribution < -0.4 is 0 Å². The van der Waals surface area contributed by atoms with Gasteiger partial charge in [-0.2, -0.15) is 0 Å². The van der Waals surface area contributed by atoms with E-state index in [2.05, 4.69) is 20.8 Å². The van der Waals surface area contributed by atoms with E-state index in [-0.39, 0.29) is 0 Å². The van der Waals surface area contributed by atoms with Gasteiger partial charge in [0.25, 0.3) is 0 Å². The Morgan fingerprint density at radius 3 is 2.27 bits per heavy atom. The van der Waals surface area contributed by atoms with Gasteiger partial charge in [0.1, 0.15) is 0 Å². The van der Waals surface area contributed by atoms with E-state index in [0.29, 0.717) is 5.41 Å². The monoisotopic (exact) mass is 219 g/mol. The van der Waals surface area contributed by atoms with Gasteiger partial charge in [0, 0.05) is 5.41 Å². The molecule has 3 heteroatoms. The van der Waals surface area contributed by atoms with Crippen molar-refractivity contribution in [2.75, 3.05) is 31.8 Å². The van der Waals surface area contributed by atoms with Crippen molar-refractivity contribution in [2.45, 2.75) is 12.8 Å². The summed E-state index contributed by atoms with van der Waals surface area (Å²) >= 11 is 3.48. The quantitative estimate of drug-likeness (QED) is 0.490. The smallest absolute Gasteiger partial charge is 0.0545 e. The molecule has 0 amide bonds. The normalized spacial score (nSPS) is 30.3. The van der Waals surface area contributed by atoms with Crippen molar-refractivity contribution in [1.82, 2.24) is 4.90 Å². The molecule has 2 aliphatic rings. The lowest BCUT2D eigenvalue weighted by atomic mass is 9.77. The summed E-state index contributed by atoms with van der Waals surface area (Å²) in [6, 6.07) is 0. The average molecular weight is 220 g/mol. The molecular formula is C8H14BrNO. The number of hydrogen-bond acceptors (Lipinski definition) is 2. The molecule has 64 valence electrons. The van der Waals surface area contributed by atoms with Crippen molar-refractivity contribution < 1.29 is 4.74 Å². The van der Waals surface area contributed by atoms with E-state index in [1.807, 2.05) is 0 Å². The molecule has 0 radical (unpaired) electrons. The Morgan fingerprint density at radius 1 is 1.27 bits per heavy atom. The average Bonchev–Trinajstić information content (AvgIpc) is 2.02. The number of hydrogen-bond donors (Lipinski definition) is 0. The number of alkyl halides is 1. The molecular weight excluding hydrogens is 206 g/mol. The van der Waals surface area contributed by atoms with E-state index in [9.17, 15) is 0 Å². The summed E-state index contributed by atoms with van der Waals surface area (Å²) in [4.78, 5) is 2.45.